The van der Waals surface area contributed by atoms with Gasteiger partial charge in [-0.1, -0.05) is 12.1 Å². The van der Waals surface area contributed by atoms with Gasteiger partial charge in [0.05, 0.1) is 12.6 Å². The van der Waals surface area contributed by atoms with Crippen molar-refractivity contribution in [2.75, 3.05) is 13.2 Å². The van der Waals surface area contributed by atoms with Crippen LogP contribution in [0.2, 0.25) is 0 Å². The van der Waals surface area contributed by atoms with Crippen molar-refractivity contribution >= 4 is 5.91 Å². The van der Waals surface area contributed by atoms with Crippen LogP contribution in [-0.2, 0) is 11.2 Å². The summed E-state index contributed by atoms with van der Waals surface area (Å²) in [5.74, 6) is 1.45. The zero-order valence-corrected chi connectivity index (χ0v) is 13.9. The van der Waals surface area contributed by atoms with Crippen LogP contribution in [0.15, 0.2) is 42.7 Å². The molecule has 2 heterocycles. The van der Waals surface area contributed by atoms with E-state index in [9.17, 15) is 4.79 Å². The highest BCUT2D eigenvalue weighted by Gasteiger charge is 2.37. The molecule has 2 aromatic rings. The third kappa shape index (κ3) is 2.77. The second-order valence-corrected chi connectivity index (χ2v) is 6.55. The Morgan fingerprint density at radius 3 is 2.92 bits per heavy atom. The maximum Gasteiger partial charge on any atom is 0.226 e. The molecule has 1 aromatic carbocycles. The number of ether oxygens (including phenoxy) is 1. The maximum atomic E-state index is 12.8. The molecule has 1 fully saturated rings. The number of carbonyl (C=O) groups is 1. The molecule has 24 heavy (non-hydrogen) atoms. The Hall–Kier alpha value is -2.36. The van der Waals surface area contributed by atoms with Crippen molar-refractivity contribution in [2.24, 2.45) is 5.92 Å². The van der Waals surface area contributed by atoms with Crippen molar-refractivity contribution in [3.05, 3.63) is 59.4 Å². The first-order valence-corrected chi connectivity index (χ1v) is 8.74. The third-order valence-corrected chi connectivity index (χ3v) is 4.89. The average Bonchev–Trinajstić information content (AvgIpc) is 3.37. The molecule has 1 aliphatic carbocycles. The number of fused-ring (bicyclic) bond motifs is 1. The fourth-order valence-electron chi connectivity index (χ4n) is 3.50. The summed E-state index contributed by atoms with van der Waals surface area (Å²) in [5, 5.41) is 0. The number of nitrogens with zero attached hydrogens (tertiary/aromatic N) is 2. The van der Waals surface area contributed by atoms with E-state index in [1.54, 1.807) is 6.20 Å². The quantitative estimate of drug-likeness (QED) is 0.847. The van der Waals surface area contributed by atoms with Gasteiger partial charge in [0.15, 0.2) is 0 Å². The fourth-order valence-corrected chi connectivity index (χ4v) is 3.50. The highest BCUT2D eigenvalue weighted by Crippen LogP contribution is 2.38. The standard InChI is InChI=1S/C20H22N2O2/c1-2-22(20(23)14-5-6-14)19(17-4-3-10-21-13-17)16-7-8-18-15(12-16)9-11-24-18/h3-4,7-8,10,12-14,19H,2,5-6,9,11H2,1H3. The number of carbonyl (C=O) groups excluding carboxylic acids is 1. The van der Waals surface area contributed by atoms with E-state index in [1.165, 1.54) is 5.56 Å². The first-order valence-electron chi connectivity index (χ1n) is 8.74. The van der Waals surface area contributed by atoms with Gasteiger partial charge in [-0.25, -0.2) is 0 Å². The van der Waals surface area contributed by atoms with Gasteiger partial charge in [-0.3, -0.25) is 9.78 Å². The molecule has 2 aliphatic rings. The molecule has 4 rings (SSSR count). The summed E-state index contributed by atoms with van der Waals surface area (Å²) in [6.45, 7) is 3.50. The predicted molar refractivity (Wildman–Crippen MR) is 91.8 cm³/mol. The highest BCUT2D eigenvalue weighted by molar-refractivity contribution is 5.82. The topological polar surface area (TPSA) is 42.4 Å². The van der Waals surface area contributed by atoms with Crippen LogP contribution in [-0.4, -0.2) is 28.9 Å². The minimum Gasteiger partial charge on any atom is -0.493 e. The lowest BCUT2D eigenvalue weighted by molar-refractivity contribution is -0.134. The van der Waals surface area contributed by atoms with Gasteiger partial charge in [0, 0.05) is 31.3 Å². The Labute approximate surface area is 142 Å². The minimum atomic E-state index is -0.0808. The SMILES string of the molecule is CCN(C(=O)C1CC1)C(c1cccnc1)c1ccc2c(c1)CCO2. The second kappa shape index (κ2) is 6.27. The molecule has 124 valence electrons. The first-order chi connectivity index (χ1) is 11.8. The summed E-state index contributed by atoms with van der Waals surface area (Å²) < 4.78 is 5.63. The number of hydrogen-bond acceptors (Lipinski definition) is 3. The highest BCUT2D eigenvalue weighted by atomic mass is 16.5. The Balaban J connectivity index is 1.76. The summed E-state index contributed by atoms with van der Waals surface area (Å²) >= 11 is 0. The first kappa shape index (κ1) is 15.2. The fraction of sp³-hybridized carbons (Fsp3) is 0.400. The molecule has 1 saturated carbocycles. The molecule has 0 bridgehead atoms. The van der Waals surface area contributed by atoms with Crippen LogP contribution in [0.1, 0.15) is 42.5 Å². The minimum absolute atomic E-state index is 0.0808. The van der Waals surface area contributed by atoms with E-state index >= 15 is 0 Å². The van der Waals surface area contributed by atoms with Crippen LogP contribution in [0, 0.1) is 5.92 Å². The molecule has 0 radical (unpaired) electrons. The van der Waals surface area contributed by atoms with Crippen molar-refractivity contribution in [2.45, 2.75) is 32.2 Å². The molecular formula is C20H22N2O2. The largest absolute Gasteiger partial charge is 0.493 e. The van der Waals surface area contributed by atoms with Gasteiger partial charge in [-0.2, -0.15) is 0 Å². The molecular weight excluding hydrogens is 300 g/mol. The van der Waals surface area contributed by atoms with Gasteiger partial charge in [0.25, 0.3) is 0 Å². The van der Waals surface area contributed by atoms with E-state index in [0.717, 1.165) is 42.7 Å². The molecule has 0 N–H and O–H groups in total. The zero-order chi connectivity index (χ0) is 16.5. The van der Waals surface area contributed by atoms with E-state index in [-0.39, 0.29) is 17.9 Å². The smallest absolute Gasteiger partial charge is 0.226 e. The molecule has 1 amide bonds. The van der Waals surface area contributed by atoms with Gasteiger partial charge in [0.1, 0.15) is 5.75 Å². The van der Waals surface area contributed by atoms with Crippen molar-refractivity contribution in [1.82, 2.24) is 9.88 Å². The van der Waals surface area contributed by atoms with E-state index in [1.807, 2.05) is 23.2 Å². The van der Waals surface area contributed by atoms with Gasteiger partial charge >= 0.3 is 0 Å². The van der Waals surface area contributed by atoms with Crippen LogP contribution in [0.4, 0.5) is 0 Å². The molecule has 0 spiro atoms. The Bertz CT molecular complexity index is 741. The number of hydrogen-bond donors (Lipinski definition) is 0. The Morgan fingerprint density at radius 2 is 2.21 bits per heavy atom. The van der Waals surface area contributed by atoms with Crippen LogP contribution in [0.5, 0.6) is 5.75 Å². The normalized spacial score (nSPS) is 17.0. The summed E-state index contributed by atoms with van der Waals surface area (Å²) in [5.41, 5.74) is 3.44. The molecule has 1 unspecified atom stereocenters. The van der Waals surface area contributed by atoms with Crippen molar-refractivity contribution < 1.29 is 9.53 Å². The molecule has 4 nitrogen and oxygen atoms in total. The van der Waals surface area contributed by atoms with Gasteiger partial charge in [-0.05, 0) is 54.7 Å². The lowest BCUT2D eigenvalue weighted by Gasteiger charge is -2.32. The molecule has 4 heteroatoms. The molecule has 1 aromatic heterocycles. The predicted octanol–water partition coefficient (Wildman–Crippen LogP) is 3.36. The van der Waals surface area contributed by atoms with Gasteiger partial charge in [-0.15, -0.1) is 0 Å². The van der Waals surface area contributed by atoms with Gasteiger partial charge in [0.2, 0.25) is 5.91 Å². The molecule has 1 atom stereocenters. The Morgan fingerprint density at radius 1 is 1.33 bits per heavy atom. The van der Waals surface area contributed by atoms with Gasteiger partial charge < -0.3 is 9.64 Å². The summed E-state index contributed by atoms with van der Waals surface area (Å²) in [4.78, 5) is 19.1. The summed E-state index contributed by atoms with van der Waals surface area (Å²) in [7, 11) is 0. The lowest BCUT2D eigenvalue weighted by atomic mass is 9.95. The van der Waals surface area contributed by atoms with E-state index in [0.29, 0.717) is 6.54 Å². The van der Waals surface area contributed by atoms with Crippen LogP contribution < -0.4 is 4.74 Å². The lowest BCUT2D eigenvalue weighted by Crippen LogP contribution is -2.36. The van der Waals surface area contributed by atoms with Crippen molar-refractivity contribution in [3.8, 4) is 5.75 Å². The second-order valence-electron chi connectivity index (χ2n) is 6.55. The van der Waals surface area contributed by atoms with E-state index < -0.39 is 0 Å². The van der Waals surface area contributed by atoms with Crippen molar-refractivity contribution in [3.63, 3.8) is 0 Å². The number of pyridine rings is 1. The molecule has 0 saturated heterocycles. The zero-order valence-electron chi connectivity index (χ0n) is 13.9. The van der Waals surface area contributed by atoms with E-state index in [4.69, 9.17) is 4.74 Å². The van der Waals surface area contributed by atoms with Crippen LogP contribution in [0.3, 0.4) is 0 Å². The van der Waals surface area contributed by atoms with Crippen molar-refractivity contribution in [1.29, 1.82) is 0 Å². The Kier molecular flexibility index (Phi) is 3.97. The summed E-state index contributed by atoms with van der Waals surface area (Å²) in [6, 6.07) is 10.2. The number of benzene rings is 1. The summed E-state index contributed by atoms with van der Waals surface area (Å²) in [6.07, 6.45) is 6.62. The van der Waals surface area contributed by atoms with E-state index in [2.05, 4.69) is 30.1 Å². The number of aromatic nitrogens is 1. The molecule has 1 aliphatic heterocycles. The maximum absolute atomic E-state index is 12.8. The van der Waals surface area contributed by atoms with Crippen LogP contribution >= 0.6 is 0 Å². The van der Waals surface area contributed by atoms with Crippen LogP contribution in [0.25, 0.3) is 0 Å². The third-order valence-electron chi connectivity index (χ3n) is 4.89. The monoisotopic (exact) mass is 322 g/mol. The number of amides is 1. The average molecular weight is 322 g/mol. The number of rotatable bonds is 5.